The molecule has 1 aliphatic rings. The third-order valence-corrected chi connectivity index (χ3v) is 5.08. The molecule has 2 heterocycles. The highest BCUT2D eigenvalue weighted by Gasteiger charge is 2.27. The van der Waals surface area contributed by atoms with E-state index in [1.165, 1.54) is 0 Å². The van der Waals surface area contributed by atoms with Crippen LogP contribution in [0.3, 0.4) is 0 Å². The van der Waals surface area contributed by atoms with Gasteiger partial charge in [-0.05, 0) is 25.0 Å². The van der Waals surface area contributed by atoms with Crippen LogP contribution in [0, 0.1) is 0 Å². The molecule has 2 aromatic carbocycles. The van der Waals surface area contributed by atoms with E-state index >= 15 is 0 Å². The number of hydrogen-bond acceptors (Lipinski definition) is 6. The molecule has 2 aromatic heterocycles. The Morgan fingerprint density at radius 3 is 2.66 bits per heavy atom. The number of amides is 2. The van der Waals surface area contributed by atoms with Crippen LogP contribution in [0.15, 0.2) is 65.2 Å². The van der Waals surface area contributed by atoms with Crippen molar-refractivity contribution in [1.29, 1.82) is 0 Å². The molecule has 160 valence electrons. The van der Waals surface area contributed by atoms with Gasteiger partial charge in [0.1, 0.15) is 5.82 Å². The van der Waals surface area contributed by atoms with Gasteiger partial charge in [0.05, 0.1) is 6.54 Å². The van der Waals surface area contributed by atoms with Gasteiger partial charge in [-0.15, -0.1) is 0 Å². The monoisotopic (exact) mass is 428 g/mol. The summed E-state index contributed by atoms with van der Waals surface area (Å²) in [5.74, 6) is 1.60. The highest BCUT2D eigenvalue weighted by molar-refractivity contribution is 5.98. The molecule has 0 unspecified atom stereocenters. The number of hydrogen-bond donors (Lipinski definition) is 3. The van der Waals surface area contributed by atoms with E-state index in [0.29, 0.717) is 23.2 Å². The van der Waals surface area contributed by atoms with Crippen molar-refractivity contribution in [2.45, 2.75) is 18.8 Å². The molecule has 0 bridgehead atoms. The molecular weight excluding hydrogens is 408 g/mol. The zero-order chi connectivity index (χ0) is 21.9. The van der Waals surface area contributed by atoms with Crippen LogP contribution in [-0.4, -0.2) is 38.7 Å². The summed E-state index contributed by atoms with van der Waals surface area (Å²) in [7, 11) is 0. The fourth-order valence-electron chi connectivity index (χ4n) is 3.26. The maximum atomic E-state index is 12.3. The lowest BCUT2D eigenvalue weighted by Gasteiger charge is -2.07. The van der Waals surface area contributed by atoms with Gasteiger partial charge in [-0.3, -0.25) is 14.7 Å². The van der Waals surface area contributed by atoms with Gasteiger partial charge < -0.3 is 15.2 Å². The number of carbonyl (C=O) groups excluding carboxylic acids is 2. The Morgan fingerprint density at radius 2 is 1.84 bits per heavy atom. The lowest BCUT2D eigenvalue weighted by molar-refractivity contribution is -0.115. The van der Waals surface area contributed by atoms with Gasteiger partial charge in [-0.1, -0.05) is 47.6 Å². The van der Waals surface area contributed by atoms with Gasteiger partial charge in [-0.2, -0.15) is 5.10 Å². The largest absolute Gasteiger partial charge is 0.355 e. The molecule has 0 radical (unpaired) electrons. The SMILES string of the molecule is O=C(CNC(=O)c1cc(-c2ccccc2)on1)Nc1cccc(-c2n[nH]c(C3CC3)n2)c1. The second kappa shape index (κ2) is 8.46. The van der Waals surface area contributed by atoms with Gasteiger partial charge in [0.25, 0.3) is 5.91 Å². The van der Waals surface area contributed by atoms with Crippen LogP contribution in [0.2, 0.25) is 0 Å². The molecule has 1 fully saturated rings. The van der Waals surface area contributed by atoms with E-state index in [9.17, 15) is 9.59 Å². The molecule has 1 saturated carbocycles. The molecule has 4 aromatic rings. The van der Waals surface area contributed by atoms with Crippen molar-refractivity contribution in [3.8, 4) is 22.7 Å². The molecule has 3 N–H and O–H groups in total. The summed E-state index contributed by atoms with van der Waals surface area (Å²) < 4.78 is 5.22. The van der Waals surface area contributed by atoms with Crippen molar-refractivity contribution in [3.63, 3.8) is 0 Å². The molecule has 1 aliphatic carbocycles. The van der Waals surface area contributed by atoms with Crippen molar-refractivity contribution in [3.05, 3.63) is 72.2 Å². The number of benzene rings is 2. The Kier molecular flexibility index (Phi) is 5.20. The second-order valence-electron chi connectivity index (χ2n) is 7.57. The summed E-state index contributed by atoms with van der Waals surface area (Å²) in [6.45, 7) is -0.205. The Labute approximate surface area is 183 Å². The molecule has 9 heteroatoms. The number of anilines is 1. The molecular formula is C23H20N6O3. The molecule has 5 rings (SSSR count). The number of H-pyrrole nitrogens is 1. The summed E-state index contributed by atoms with van der Waals surface area (Å²) in [5.41, 5.74) is 2.31. The number of aromatic amines is 1. The number of rotatable bonds is 7. The Balaban J connectivity index is 1.17. The molecule has 0 aliphatic heterocycles. The molecule has 0 spiro atoms. The maximum Gasteiger partial charge on any atom is 0.273 e. The van der Waals surface area contributed by atoms with Crippen LogP contribution in [-0.2, 0) is 4.79 Å². The van der Waals surface area contributed by atoms with E-state index < -0.39 is 5.91 Å². The number of aromatic nitrogens is 4. The van der Waals surface area contributed by atoms with Crippen molar-refractivity contribution in [1.82, 2.24) is 25.7 Å². The van der Waals surface area contributed by atoms with E-state index in [0.717, 1.165) is 29.8 Å². The highest BCUT2D eigenvalue weighted by atomic mass is 16.5. The van der Waals surface area contributed by atoms with Crippen LogP contribution in [0.4, 0.5) is 5.69 Å². The smallest absolute Gasteiger partial charge is 0.273 e. The van der Waals surface area contributed by atoms with Gasteiger partial charge in [0.2, 0.25) is 5.91 Å². The van der Waals surface area contributed by atoms with Crippen molar-refractivity contribution in [2.24, 2.45) is 0 Å². The Bertz CT molecular complexity index is 1260. The average molecular weight is 428 g/mol. The average Bonchev–Trinajstić information content (AvgIpc) is 3.34. The first kappa shape index (κ1) is 19.7. The first-order valence-corrected chi connectivity index (χ1v) is 10.3. The van der Waals surface area contributed by atoms with Crippen LogP contribution in [0.5, 0.6) is 0 Å². The van der Waals surface area contributed by atoms with Gasteiger partial charge in [-0.25, -0.2) is 4.98 Å². The zero-order valence-electron chi connectivity index (χ0n) is 17.0. The standard InChI is InChI=1S/C23H20N6O3/c30-20(13-24-23(31)18-12-19(32-29-18)14-5-2-1-3-6-14)25-17-8-4-7-16(11-17)22-26-21(27-28-22)15-9-10-15/h1-8,11-12,15H,9-10,13H2,(H,24,31)(H,25,30)(H,26,27,28). The fourth-order valence-corrected chi connectivity index (χ4v) is 3.26. The first-order chi connectivity index (χ1) is 15.7. The Morgan fingerprint density at radius 1 is 1.03 bits per heavy atom. The van der Waals surface area contributed by atoms with E-state index in [1.54, 1.807) is 18.2 Å². The topological polar surface area (TPSA) is 126 Å². The van der Waals surface area contributed by atoms with Gasteiger partial charge in [0.15, 0.2) is 17.3 Å². The quantitative estimate of drug-likeness (QED) is 0.414. The molecule has 32 heavy (non-hydrogen) atoms. The van der Waals surface area contributed by atoms with Crippen molar-refractivity contribution >= 4 is 17.5 Å². The third-order valence-electron chi connectivity index (χ3n) is 5.08. The summed E-state index contributed by atoms with van der Waals surface area (Å²) in [4.78, 5) is 29.2. The normalized spacial score (nSPS) is 13.0. The van der Waals surface area contributed by atoms with Crippen LogP contribution >= 0.6 is 0 Å². The van der Waals surface area contributed by atoms with Crippen LogP contribution in [0.1, 0.15) is 35.1 Å². The van der Waals surface area contributed by atoms with Crippen molar-refractivity contribution in [2.75, 3.05) is 11.9 Å². The summed E-state index contributed by atoms with van der Waals surface area (Å²) >= 11 is 0. The predicted octanol–water partition coefficient (Wildman–Crippen LogP) is 3.37. The van der Waals surface area contributed by atoms with Gasteiger partial charge in [0, 0.05) is 28.8 Å². The fraction of sp³-hybridized carbons (Fsp3) is 0.174. The van der Waals surface area contributed by atoms with E-state index in [2.05, 4.69) is 31.0 Å². The summed E-state index contributed by atoms with van der Waals surface area (Å²) in [6.07, 6.45) is 2.27. The highest BCUT2D eigenvalue weighted by Crippen LogP contribution is 2.38. The minimum atomic E-state index is -0.492. The van der Waals surface area contributed by atoms with Crippen LogP contribution in [0.25, 0.3) is 22.7 Å². The van der Waals surface area contributed by atoms with Crippen molar-refractivity contribution < 1.29 is 14.1 Å². The lowest BCUT2D eigenvalue weighted by Crippen LogP contribution is -2.33. The molecule has 9 nitrogen and oxygen atoms in total. The van der Waals surface area contributed by atoms with E-state index in [1.807, 2.05) is 42.5 Å². The number of nitrogens with one attached hydrogen (secondary N) is 3. The predicted molar refractivity (Wildman–Crippen MR) is 117 cm³/mol. The van der Waals surface area contributed by atoms with Crippen LogP contribution < -0.4 is 10.6 Å². The minimum absolute atomic E-state index is 0.106. The first-order valence-electron chi connectivity index (χ1n) is 10.3. The third kappa shape index (κ3) is 4.41. The minimum Gasteiger partial charge on any atom is -0.355 e. The maximum absolute atomic E-state index is 12.3. The second-order valence-corrected chi connectivity index (χ2v) is 7.57. The summed E-state index contributed by atoms with van der Waals surface area (Å²) in [6, 6.07) is 18.1. The van der Waals surface area contributed by atoms with E-state index in [-0.39, 0.29) is 18.1 Å². The molecule has 0 saturated heterocycles. The zero-order valence-corrected chi connectivity index (χ0v) is 17.0. The van der Waals surface area contributed by atoms with E-state index in [4.69, 9.17) is 4.52 Å². The number of carbonyl (C=O) groups is 2. The lowest BCUT2D eigenvalue weighted by atomic mass is 10.1. The summed E-state index contributed by atoms with van der Waals surface area (Å²) in [5, 5.41) is 16.3. The van der Waals surface area contributed by atoms with Gasteiger partial charge >= 0.3 is 0 Å². The number of nitrogens with zero attached hydrogens (tertiary/aromatic N) is 3. The molecule has 0 atom stereocenters. The molecule has 2 amide bonds. The Hall–Kier alpha value is -4.27.